The number of allylic oxidation sites excluding steroid dienone is 10. The molecule has 2 saturated heterocycles. The van der Waals surface area contributed by atoms with Crippen molar-refractivity contribution in [2.24, 2.45) is 17.8 Å². The second-order valence-electron chi connectivity index (χ2n) is 14.1. The Labute approximate surface area is 323 Å². The number of methoxy groups -OCH3 is 1. The second kappa shape index (κ2) is 21.2. The minimum absolute atomic E-state index is 0.0821. The Morgan fingerprint density at radius 2 is 1.75 bits per heavy atom. The topological polar surface area (TPSA) is 208 Å². The molecule has 0 aromatic carbocycles. The zero-order chi connectivity index (χ0) is 40.9. The van der Waals surface area contributed by atoms with Gasteiger partial charge in [0.1, 0.15) is 29.6 Å². The first-order valence-corrected chi connectivity index (χ1v) is 18.6. The molecule has 1 amide bonds. The molecule has 11 atom stereocenters. The maximum Gasteiger partial charge on any atom is 0.262 e. The summed E-state index contributed by atoms with van der Waals surface area (Å²) in [5, 5.41) is 56.4. The van der Waals surface area contributed by atoms with Crippen LogP contribution in [0.25, 0.3) is 0 Å². The number of rotatable bonds is 17. The van der Waals surface area contributed by atoms with Crippen LogP contribution in [0, 0.1) is 17.8 Å². The van der Waals surface area contributed by atoms with Crippen LogP contribution in [-0.2, 0) is 19.0 Å². The van der Waals surface area contributed by atoms with Gasteiger partial charge in [0, 0.05) is 38.1 Å². The number of carbonyl (C=O) groups is 2. The van der Waals surface area contributed by atoms with Gasteiger partial charge in [0.2, 0.25) is 5.91 Å². The minimum Gasteiger partial charge on any atom is -0.507 e. The molecule has 13 heteroatoms. The highest BCUT2D eigenvalue weighted by atomic mass is 16.6. The van der Waals surface area contributed by atoms with Crippen LogP contribution in [-0.4, -0.2) is 104 Å². The fourth-order valence-corrected chi connectivity index (χ4v) is 6.90. The van der Waals surface area contributed by atoms with Crippen molar-refractivity contribution in [2.45, 2.75) is 103 Å². The van der Waals surface area contributed by atoms with Crippen molar-refractivity contribution in [2.75, 3.05) is 13.7 Å². The number of amides is 1. The predicted molar refractivity (Wildman–Crippen MR) is 209 cm³/mol. The number of aromatic hydroxyl groups is 1. The summed E-state index contributed by atoms with van der Waals surface area (Å²) in [6.45, 7) is 10.9. The number of aliphatic hydroxyl groups is 4. The van der Waals surface area contributed by atoms with E-state index in [0.717, 1.165) is 5.57 Å². The van der Waals surface area contributed by atoms with Gasteiger partial charge < -0.3 is 50.0 Å². The van der Waals surface area contributed by atoms with E-state index in [1.54, 1.807) is 62.6 Å². The first-order valence-electron chi connectivity index (χ1n) is 18.6. The van der Waals surface area contributed by atoms with Crippen LogP contribution in [0.2, 0.25) is 0 Å². The summed E-state index contributed by atoms with van der Waals surface area (Å²) < 4.78 is 17.8. The van der Waals surface area contributed by atoms with Gasteiger partial charge >= 0.3 is 0 Å². The second-order valence-corrected chi connectivity index (χ2v) is 14.1. The van der Waals surface area contributed by atoms with Crippen LogP contribution in [0.3, 0.4) is 0 Å². The first kappa shape index (κ1) is 45.2. The lowest BCUT2D eigenvalue weighted by Gasteiger charge is -2.45. The molecule has 1 aromatic heterocycles. The Morgan fingerprint density at radius 1 is 1.05 bits per heavy atom. The largest absolute Gasteiger partial charge is 0.507 e. The third kappa shape index (κ3) is 11.7. The molecular weight excluding hydrogens is 708 g/mol. The summed E-state index contributed by atoms with van der Waals surface area (Å²) in [5.74, 6) is -4.80. The Hall–Kier alpha value is -4.21. The molecule has 1 aromatic rings. The lowest BCUT2D eigenvalue weighted by molar-refractivity contribution is -0.297. The molecular formula is C42H58N2O11. The van der Waals surface area contributed by atoms with Crippen molar-refractivity contribution >= 4 is 11.7 Å². The number of aliphatic hydroxyl groups excluding tert-OH is 3. The molecule has 3 heterocycles. The van der Waals surface area contributed by atoms with Gasteiger partial charge in [0.25, 0.3) is 5.56 Å². The maximum atomic E-state index is 13.2. The summed E-state index contributed by atoms with van der Waals surface area (Å²) in [4.78, 5) is 40.1. The van der Waals surface area contributed by atoms with Gasteiger partial charge in [-0.05, 0) is 44.4 Å². The molecule has 0 spiro atoms. The third-order valence-electron chi connectivity index (χ3n) is 10.2. The molecule has 0 saturated carbocycles. The normalized spacial score (nSPS) is 29.9. The van der Waals surface area contributed by atoms with Crippen molar-refractivity contribution in [1.29, 1.82) is 0 Å². The highest BCUT2D eigenvalue weighted by Crippen LogP contribution is 2.38. The number of pyridine rings is 1. The fourth-order valence-electron chi connectivity index (χ4n) is 6.90. The van der Waals surface area contributed by atoms with E-state index < -0.39 is 77.4 Å². The van der Waals surface area contributed by atoms with E-state index in [1.165, 1.54) is 25.3 Å². The fraction of sp³-hybridized carbons (Fsp3) is 0.500. The first-order chi connectivity index (χ1) is 26.1. The Bertz CT molecular complexity index is 1720. The lowest BCUT2D eigenvalue weighted by atomic mass is 9.81. The number of ether oxygens (including phenoxy) is 3. The SMILES string of the molecule is C/C=C/C=C/[C@@H]1O[C@](O)([C@H](CC)C(=O)NC/C=C/C=C(\C)[C@@H](OC)[C@@H](C)[C@@H]2O[C@H](/C=C/C=C/C=C(\C)C(=O)c3c(O)cc[nH]c3=O)[C@H](O)[C@@H]2O)CC(O)[C@@H]1C. The molecule has 2 aliphatic rings. The van der Waals surface area contributed by atoms with E-state index in [4.69, 9.17) is 14.2 Å². The van der Waals surface area contributed by atoms with Crippen molar-refractivity contribution in [3.05, 3.63) is 112 Å². The van der Waals surface area contributed by atoms with Gasteiger partial charge in [-0.3, -0.25) is 14.4 Å². The average molecular weight is 767 g/mol. The summed E-state index contributed by atoms with van der Waals surface area (Å²) in [7, 11) is 1.54. The van der Waals surface area contributed by atoms with Gasteiger partial charge in [-0.15, -0.1) is 0 Å². The quantitative estimate of drug-likeness (QED) is 0.0691. The third-order valence-corrected chi connectivity index (χ3v) is 10.2. The summed E-state index contributed by atoms with van der Waals surface area (Å²) in [6.07, 6.45) is 16.0. The molecule has 0 aliphatic carbocycles. The smallest absolute Gasteiger partial charge is 0.262 e. The zero-order valence-electron chi connectivity index (χ0n) is 32.7. The average Bonchev–Trinajstić information content (AvgIpc) is 3.42. The Morgan fingerprint density at radius 3 is 2.40 bits per heavy atom. The van der Waals surface area contributed by atoms with E-state index in [-0.39, 0.29) is 35.9 Å². The summed E-state index contributed by atoms with van der Waals surface area (Å²) in [5.41, 5.74) is -0.00347. The number of carbonyl (C=O) groups excluding carboxylic acids is 2. The highest BCUT2D eigenvalue weighted by Gasteiger charge is 2.50. The highest BCUT2D eigenvalue weighted by molar-refractivity contribution is 6.09. The lowest BCUT2D eigenvalue weighted by Crippen LogP contribution is -2.57. The van der Waals surface area contributed by atoms with Gasteiger partial charge in [0.05, 0.1) is 30.3 Å². The van der Waals surface area contributed by atoms with Crippen LogP contribution < -0.4 is 10.9 Å². The number of aromatic nitrogens is 1. The van der Waals surface area contributed by atoms with E-state index in [9.17, 15) is 39.9 Å². The zero-order valence-corrected chi connectivity index (χ0v) is 32.7. The van der Waals surface area contributed by atoms with Crippen LogP contribution in [0.5, 0.6) is 5.75 Å². The van der Waals surface area contributed by atoms with E-state index in [2.05, 4.69) is 10.3 Å². The molecule has 0 bridgehead atoms. The number of aromatic amines is 1. The van der Waals surface area contributed by atoms with Crippen LogP contribution in [0.1, 0.15) is 64.7 Å². The molecule has 55 heavy (non-hydrogen) atoms. The monoisotopic (exact) mass is 766 g/mol. The van der Waals surface area contributed by atoms with Gasteiger partial charge in [0.15, 0.2) is 11.6 Å². The molecule has 302 valence electrons. The van der Waals surface area contributed by atoms with Crippen molar-refractivity contribution < 1.29 is 49.3 Å². The molecule has 2 aliphatic heterocycles. The molecule has 7 N–H and O–H groups in total. The number of H-pyrrole nitrogens is 1. The minimum atomic E-state index is -1.83. The van der Waals surface area contributed by atoms with Gasteiger partial charge in [-0.1, -0.05) is 93.7 Å². The van der Waals surface area contributed by atoms with Crippen LogP contribution >= 0.6 is 0 Å². The molecule has 3 rings (SSSR count). The number of hydrogen-bond acceptors (Lipinski definition) is 11. The Kier molecular flexibility index (Phi) is 17.4. The van der Waals surface area contributed by atoms with Crippen molar-refractivity contribution in [3.8, 4) is 5.75 Å². The summed E-state index contributed by atoms with van der Waals surface area (Å²) in [6, 6.07) is 1.22. The number of hydrogen-bond donors (Lipinski definition) is 7. The summed E-state index contributed by atoms with van der Waals surface area (Å²) >= 11 is 0. The van der Waals surface area contributed by atoms with Gasteiger partial charge in [-0.25, -0.2) is 0 Å². The molecule has 2 fully saturated rings. The van der Waals surface area contributed by atoms with Crippen molar-refractivity contribution in [1.82, 2.24) is 10.3 Å². The molecule has 0 radical (unpaired) electrons. The maximum absolute atomic E-state index is 13.2. The number of Topliss-reactive ketones (excluding diaryl/α,β-unsaturated/α-hetero) is 1. The number of ketones is 1. The van der Waals surface area contributed by atoms with Crippen molar-refractivity contribution in [3.63, 3.8) is 0 Å². The van der Waals surface area contributed by atoms with Crippen LogP contribution in [0.4, 0.5) is 0 Å². The van der Waals surface area contributed by atoms with Crippen LogP contribution in [0.15, 0.2) is 101 Å². The van der Waals surface area contributed by atoms with E-state index in [1.807, 2.05) is 45.9 Å². The van der Waals surface area contributed by atoms with Gasteiger partial charge in [-0.2, -0.15) is 0 Å². The Balaban J connectivity index is 1.57. The molecule has 13 nitrogen and oxygen atoms in total. The number of nitrogens with one attached hydrogen (secondary N) is 2. The van der Waals surface area contributed by atoms with E-state index >= 15 is 0 Å². The predicted octanol–water partition coefficient (Wildman–Crippen LogP) is 3.71. The molecule has 1 unspecified atom stereocenters. The van der Waals surface area contributed by atoms with E-state index in [0.29, 0.717) is 6.42 Å². The standard InChI is InChI=1S/C42H58N2O11/c1-8-10-12-19-32-27(5)31(46)24-42(52,55-32)29(9-2)40(50)43-22-16-15-18-26(4)38(53-7)28(6)39-37(49)36(48)33(54-39)20-14-11-13-17-25(3)35(47)34-30(45)21-23-44-41(34)51/h8,10-21,23,27-29,31-33,36-39,46,48-49,52H,9,22,24H2,1-7H3,(H,43,50)(H2,44,45,51)/b10-8+,13-11+,16-15+,19-12+,20-14+,25-17+,26-18+/t27-,28+,29+,31?,32-,33+,36-,37-,38+,39-,42-/m0/s1.